The lowest BCUT2D eigenvalue weighted by molar-refractivity contribution is 0.100. The Balaban J connectivity index is 2.19. The molecule has 5 nitrogen and oxygen atoms in total. The van der Waals surface area contributed by atoms with Gasteiger partial charge in [-0.05, 0) is 29.3 Å². The molecule has 1 amide bonds. The predicted molar refractivity (Wildman–Crippen MR) is 75.3 cm³/mol. The lowest BCUT2D eigenvalue weighted by atomic mass is 9.98. The van der Waals surface area contributed by atoms with Crippen molar-refractivity contribution in [2.75, 3.05) is 0 Å². The summed E-state index contributed by atoms with van der Waals surface area (Å²) < 4.78 is 1.64. The molecule has 0 bridgehead atoms. The summed E-state index contributed by atoms with van der Waals surface area (Å²) in [5, 5.41) is 7.73. The molecule has 2 aromatic carbocycles. The Morgan fingerprint density at radius 3 is 2.55 bits per heavy atom. The Hall–Kier alpha value is -2.95. The van der Waals surface area contributed by atoms with E-state index < -0.39 is 5.91 Å². The standard InChI is InChI=1S/C15H12N4O/c16-15(20)13-7-6-12(19-9-8-17-18-19)10-14(13)11-4-2-1-3-5-11/h1-10H,(H2,16,20). The average molecular weight is 264 g/mol. The smallest absolute Gasteiger partial charge is 0.249 e. The second-order valence-electron chi connectivity index (χ2n) is 4.31. The lowest BCUT2D eigenvalue weighted by Crippen LogP contribution is -2.13. The first-order valence-electron chi connectivity index (χ1n) is 6.11. The minimum Gasteiger partial charge on any atom is -0.366 e. The average Bonchev–Trinajstić information content (AvgIpc) is 3.02. The molecule has 0 unspecified atom stereocenters. The summed E-state index contributed by atoms with van der Waals surface area (Å²) in [5.41, 5.74) is 8.48. The lowest BCUT2D eigenvalue weighted by Gasteiger charge is -2.09. The molecule has 5 heteroatoms. The predicted octanol–water partition coefficient (Wildman–Crippen LogP) is 2.03. The summed E-state index contributed by atoms with van der Waals surface area (Å²) in [6, 6.07) is 15.0. The maximum absolute atomic E-state index is 11.6. The van der Waals surface area contributed by atoms with Crippen LogP contribution in [0.3, 0.4) is 0 Å². The number of amides is 1. The summed E-state index contributed by atoms with van der Waals surface area (Å²) in [4.78, 5) is 11.6. The SMILES string of the molecule is NC(=O)c1ccc(-n2ccnn2)cc1-c1ccccc1. The molecule has 3 rings (SSSR count). The van der Waals surface area contributed by atoms with Gasteiger partial charge in [-0.25, -0.2) is 4.68 Å². The van der Waals surface area contributed by atoms with Gasteiger partial charge in [-0.2, -0.15) is 0 Å². The van der Waals surface area contributed by atoms with Crippen LogP contribution < -0.4 is 5.73 Å². The molecule has 98 valence electrons. The third-order valence-electron chi connectivity index (χ3n) is 3.04. The molecule has 0 saturated heterocycles. The second-order valence-corrected chi connectivity index (χ2v) is 4.31. The topological polar surface area (TPSA) is 73.8 Å². The Labute approximate surface area is 115 Å². The number of primary amides is 1. The highest BCUT2D eigenvalue weighted by Gasteiger charge is 2.11. The van der Waals surface area contributed by atoms with Crippen LogP contribution in [-0.2, 0) is 0 Å². The van der Waals surface area contributed by atoms with Crippen LogP contribution in [0.5, 0.6) is 0 Å². The van der Waals surface area contributed by atoms with Crippen LogP contribution in [0.2, 0.25) is 0 Å². The molecule has 0 saturated carbocycles. The largest absolute Gasteiger partial charge is 0.366 e. The van der Waals surface area contributed by atoms with Gasteiger partial charge in [-0.15, -0.1) is 5.10 Å². The molecular formula is C15H12N4O. The highest BCUT2D eigenvalue weighted by molar-refractivity contribution is 6.00. The van der Waals surface area contributed by atoms with Crippen molar-refractivity contribution in [3.8, 4) is 16.8 Å². The monoisotopic (exact) mass is 264 g/mol. The van der Waals surface area contributed by atoms with Crippen molar-refractivity contribution in [3.05, 3.63) is 66.5 Å². The number of aromatic nitrogens is 3. The fourth-order valence-electron chi connectivity index (χ4n) is 2.09. The van der Waals surface area contributed by atoms with Gasteiger partial charge in [0, 0.05) is 5.56 Å². The number of nitrogens with two attached hydrogens (primary N) is 1. The van der Waals surface area contributed by atoms with Gasteiger partial charge in [0.1, 0.15) is 0 Å². The Kier molecular flexibility index (Phi) is 3.01. The summed E-state index contributed by atoms with van der Waals surface area (Å²) in [6.45, 7) is 0. The molecule has 2 N–H and O–H groups in total. The quantitative estimate of drug-likeness (QED) is 0.786. The summed E-state index contributed by atoms with van der Waals surface area (Å²) in [7, 11) is 0. The van der Waals surface area contributed by atoms with Crippen LogP contribution in [0.15, 0.2) is 60.9 Å². The van der Waals surface area contributed by atoms with E-state index in [2.05, 4.69) is 10.3 Å². The van der Waals surface area contributed by atoms with Crippen molar-refractivity contribution >= 4 is 5.91 Å². The number of benzene rings is 2. The zero-order valence-electron chi connectivity index (χ0n) is 10.6. The highest BCUT2D eigenvalue weighted by atomic mass is 16.1. The van der Waals surface area contributed by atoms with Crippen molar-refractivity contribution in [1.29, 1.82) is 0 Å². The van der Waals surface area contributed by atoms with Crippen molar-refractivity contribution in [2.24, 2.45) is 5.73 Å². The van der Waals surface area contributed by atoms with Gasteiger partial charge < -0.3 is 5.73 Å². The van der Waals surface area contributed by atoms with E-state index >= 15 is 0 Å². The molecule has 0 aliphatic rings. The Morgan fingerprint density at radius 1 is 1.10 bits per heavy atom. The molecule has 0 radical (unpaired) electrons. The second kappa shape index (κ2) is 4.97. The van der Waals surface area contributed by atoms with Crippen molar-refractivity contribution in [2.45, 2.75) is 0 Å². The number of carbonyl (C=O) groups is 1. The van der Waals surface area contributed by atoms with Crippen LogP contribution in [0.4, 0.5) is 0 Å². The van der Waals surface area contributed by atoms with E-state index in [1.54, 1.807) is 29.2 Å². The fraction of sp³-hybridized carbons (Fsp3) is 0. The van der Waals surface area contributed by atoms with E-state index in [0.717, 1.165) is 16.8 Å². The highest BCUT2D eigenvalue weighted by Crippen LogP contribution is 2.25. The van der Waals surface area contributed by atoms with Crippen LogP contribution in [0, 0.1) is 0 Å². The molecule has 0 spiro atoms. The van der Waals surface area contributed by atoms with Crippen molar-refractivity contribution < 1.29 is 4.79 Å². The van der Waals surface area contributed by atoms with Crippen molar-refractivity contribution in [3.63, 3.8) is 0 Å². The Morgan fingerprint density at radius 2 is 1.90 bits per heavy atom. The van der Waals surface area contributed by atoms with Crippen LogP contribution in [0.25, 0.3) is 16.8 Å². The third kappa shape index (κ3) is 2.16. The zero-order valence-corrected chi connectivity index (χ0v) is 10.6. The number of rotatable bonds is 3. The summed E-state index contributed by atoms with van der Waals surface area (Å²) >= 11 is 0. The van der Waals surface area contributed by atoms with Crippen LogP contribution in [-0.4, -0.2) is 20.9 Å². The number of hydrogen-bond donors (Lipinski definition) is 1. The molecular weight excluding hydrogens is 252 g/mol. The Bertz CT molecular complexity index is 736. The number of hydrogen-bond acceptors (Lipinski definition) is 3. The van der Waals surface area contributed by atoms with Gasteiger partial charge in [0.05, 0.1) is 18.1 Å². The first-order chi connectivity index (χ1) is 9.75. The molecule has 3 aromatic rings. The van der Waals surface area contributed by atoms with E-state index in [1.807, 2.05) is 36.4 Å². The van der Waals surface area contributed by atoms with Crippen molar-refractivity contribution in [1.82, 2.24) is 15.0 Å². The van der Waals surface area contributed by atoms with Crippen LogP contribution >= 0.6 is 0 Å². The molecule has 0 aliphatic heterocycles. The molecule has 0 aliphatic carbocycles. The van der Waals surface area contributed by atoms with E-state index in [9.17, 15) is 4.79 Å². The van der Waals surface area contributed by atoms with E-state index in [-0.39, 0.29) is 0 Å². The van der Waals surface area contributed by atoms with Gasteiger partial charge in [-0.3, -0.25) is 4.79 Å². The molecule has 20 heavy (non-hydrogen) atoms. The molecule has 1 heterocycles. The van der Waals surface area contributed by atoms with Gasteiger partial charge >= 0.3 is 0 Å². The minimum atomic E-state index is -0.450. The molecule has 1 aromatic heterocycles. The minimum absolute atomic E-state index is 0.450. The van der Waals surface area contributed by atoms with E-state index in [1.165, 1.54) is 0 Å². The van der Waals surface area contributed by atoms with E-state index in [4.69, 9.17) is 5.73 Å². The maximum atomic E-state index is 11.6. The first kappa shape index (κ1) is 12.1. The fourth-order valence-corrected chi connectivity index (χ4v) is 2.09. The van der Waals surface area contributed by atoms with Gasteiger partial charge in [-0.1, -0.05) is 35.5 Å². The first-order valence-corrected chi connectivity index (χ1v) is 6.11. The van der Waals surface area contributed by atoms with E-state index in [0.29, 0.717) is 5.56 Å². The maximum Gasteiger partial charge on any atom is 0.249 e. The van der Waals surface area contributed by atoms with Gasteiger partial charge in [0.15, 0.2) is 0 Å². The van der Waals surface area contributed by atoms with Crippen LogP contribution in [0.1, 0.15) is 10.4 Å². The normalized spacial score (nSPS) is 10.4. The molecule has 0 fully saturated rings. The third-order valence-corrected chi connectivity index (χ3v) is 3.04. The molecule has 0 atom stereocenters. The number of carbonyl (C=O) groups excluding carboxylic acids is 1. The van der Waals surface area contributed by atoms with Gasteiger partial charge in [0.2, 0.25) is 5.91 Å². The van der Waals surface area contributed by atoms with Gasteiger partial charge in [0.25, 0.3) is 0 Å². The summed E-state index contributed by atoms with van der Waals surface area (Å²) in [6.07, 6.45) is 3.35. The summed E-state index contributed by atoms with van der Waals surface area (Å²) in [5.74, 6) is -0.450. The number of nitrogens with zero attached hydrogens (tertiary/aromatic N) is 3. The zero-order chi connectivity index (χ0) is 13.9.